The number of hydrogen-bond donors (Lipinski definition) is 1. The number of carbonyl (C=O) groups is 1. The van der Waals surface area contributed by atoms with Crippen molar-refractivity contribution in [1.29, 1.82) is 0 Å². The van der Waals surface area contributed by atoms with Crippen molar-refractivity contribution in [3.63, 3.8) is 0 Å². The van der Waals surface area contributed by atoms with E-state index in [0.717, 1.165) is 32.6 Å². The van der Waals surface area contributed by atoms with Crippen molar-refractivity contribution >= 4 is 17.2 Å². The van der Waals surface area contributed by atoms with Crippen molar-refractivity contribution in [3.05, 3.63) is 22.4 Å². The Morgan fingerprint density at radius 3 is 2.71 bits per heavy atom. The first-order valence-corrected chi connectivity index (χ1v) is 7.16. The van der Waals surface area contributed by atoms with Gasteiger partial charge in [0.15, 0.2) is 0 Å². The number of hydrogen-bond acceptors (Lipinski definition) is 3. The minimum absolute atomic E-state index is 0.249. The molecular formula is C13H22N2OS. The SMILES string of the molecule is CCN(CC)C(=O)CCNCCc1cccs1. The van der Waals surface area contributed by atoms with E-state index in [4.69, 9.17) is 0 Å². The molecule has 1 aromatic rings. The molecule has 96 valence electrons. The second-order valence-electron chi connectivity index (χ2n) is 3.90. The lowest BCUT2D eigenvalue weighted by molar-refractivity contribution is -0.130. The molecule has 0 fully saturated rings. The molecule has 0 unspecified atom stereocenters. The van der Waals surface area contributed by atoms with Gasteiger partial charge in [0.25, 0.3) is 0 Å². The van der Waals surface area contributed by atoms with Crippen molar-refractivity contribution < 1.29 is 4.79 Å². The van der Waals surface area contributed by atoms with E-state index in [1.807, 2.05) is 18.7 Å². The molecule has 1 aromatic heterocycles. The van der Waals surface area contributed by atoms with Crippen LogP contribution in [-0.4, -0.2) is 37.0 Å². The van der Waals surface area contributed by atoms with Crippen molar-refractivity contribution in [3.8, 4) is 0 Å². The van der Waals surface area contributed by atoms with Gasteiger partial charge in [-0.15, -0.1) is 11.3 Å². The van der Waals surface area contributed by atoms with Crippen LogP contribution in [-0.2, 0) is 11.2 Å². The van der Waals surface area contributed by atoms with E-state index in [-0.39, 0.29) is 5.91 Å². The van der Waals surface area contributed by atoms with E-state index >= 15 is 0 Å². The van der Waals surface area contributed by atoms with Gasteiger partial charge in [0.1, 0.15) is 0 Å². The average molecular weight is 254 g/mol. The first-order chi connectivity index (χ1) is 8.27. The van der Waals surface area contributed by atoms with Crippen LogP contribution in [0.5, 0.6) is 0 Å². The highest BCUT2D eigenvalue weighted by molar-refractivity contribution is 7.09. The second-order valence-corrected chi connectivity index (χ2v) is 4.93. The second kappa shape index (κ2) is 8.25. The zero-order valence-corrected chi connectivity index (χ0v) is 11.6. The van der Waals surface area contributed by atoms with E-state index < -0.39 is 0 Å². The predicted octanol–water partition coefficient (Wildman–Crippen LogP) is 2.14. The Morgan fingerprint density at radius 1 is 1.35 bits per heavy atom. The molecule has 0 aliphatic rings. The maximum atomic E-state index is 11.7. The van der Waals surface area contributed by atoms with Crippen LogP contribution in [0.3, 0.4) is 0 Å². The van der Waals surface area contributed by atoms with Crippen molar-refractivity contribution in [2.24, 2.45) is 0 Å². The summed E-state index contributed by atoms with van der Waals surface area (Å²) in [6.45, 7) is 7.39. The van der Waals surface area contributed by atoms with E-state index in [1.165, 1.54) is 4.88 Å². The largest absolute Gasteiger partial charge is 0.343 e. The summed E-state index contributed by atoms with van der Waals surface area (Å²) in [5, 5.41) is 5.41. The van der Waals surface area contributed by atoms with Crippen LogP contribution in [0, 0.1) is 0 Å². The molecule has 1 heterocycles. The summed E-state index contributed by atoms with van der Waals surface area (Å²) >= 11 is 1.78. The number of carbonyl (C=O) groups excluding carboxylic acids is 1. The van der Waals surface area contributed by atoms with Crippen LogP contribution >= 0.6 is 11.3 Å². The van der Waals surface area contributed by atoms with Gasteiger partial charge in [0.05, 0.1) is 0 Å². The Bertz CT molecular complexity index is 307. The van der Waals surface area contributed by atoms with Crippen LogP contribution < -0.4 is 5.32 Å². The normalized spacial score (nSPS) is 10.5. The summed E-state index contributed by atoms with van der Waals surface area (Å²) in [5.74, 6) is 0.249. The number of rotatable bonds is 8. The molecular weight excluding hydrogens is 232 g/mol. The van der Waals surface area contributed by atoms with Crippen molar-refractivity contribution in [2.45, 2.75) is 26.7 Å². The highest BCUT2D eigenvalue weighted by Crippen LogP contribution is 2.07. The molecule has 1 rings (SSSR count). The van der Waals surface area contributed by atoms with E-state index in [2.05, 4.69) is 22.8 Å². The Labute approximate surface area is 108 Å². The molecule has 0 bridgehead atoms. The van der Waals surface area contributed by atoms with Crippen molar-refractivity contribution in [2.75, 3.05) is 26.2 Å². The van der Waals surface area contributed by atoms with Crippen LogP contribution in [0.25, 0.3) is 0 Å². The van der Waals surface area contributed by atoms with Gasteiger partial charge in [-0.3, -0.25) is 4.79 Å². The fraction of sp³-hybridized carbons (Fsp3) is 0.615. The van der Waals surface area contributed by atoms with E-state index in [1.54, 1.807) is 11.3 Å². The zero-order valence-electron chi connectivity index (χ0n) is 10.7. The molecule has 0 atom stereocenters. The maximum Gasteiger partial charge on any atom is 0.223 e. The molecule has 1 amide bonds. The minimum Gasteiger partial charge on any atom is -0.343 e. The zero-order chi connectivity index (χ0) is 12.5. The fourth-order valence-corrected chi connectivity index (χ4v) is 2.43. The summed E-state index contributed by atoms with van der Waals surface area (Å²) < 4.78 is 0. The van der Waals surface area contributed by atoms with Crippen LogP contribution in [0.15, 0.2) is 17.5 Å². The molecule has 0 spiro atoms. The van der Waals surface area contributed by atoms with Crippen LogP contribution in [0.2, 0.25) is 0 Å². The lowest BCUT2D eigenvalue weighted by Gasteiger charge is -2.18. The standard InChI is InChI=1S/C13H22N2OS/c1-3-15(4-2)13(16)8-10-14-9-7-12-6-5-11-17-12/h5-6,11,14H,3-4,7-10H2,1-2H3. The summed E-state index contributed by atoms with van der Waals surface area (Å²) in [6, 6.07) is 4.22. The third kappa shape index (κ3) is 5.33. The summed E-state index contributed by atoms with van der Waals surface area (Å²) in [7, 11) is 0. The van der Waals surface area contributed by atoms with Gasteiger partial charge in [-0.2, -0.15) is 0 Å². The monoisotopic (exact) mass is 254 g/mol. The smallest absolute Gasteiger partial charge is 0.223 e. The first-order valence-electron chi connectivity index (χ1n) is 6.28. The van der Waals surface area contributed by atoms with Gasteiger partial charge < -0.3 is 10.2 Å². The van der Waals surface area contributed by atoms with Gasteiger partial charge in [-0.1, -0.05) is 6.07 Å². The minimum atomic E-state index is 0.249. The van der Waals surface area contributed by atoms with Gasteiger partial charge in [0.2, 0.25) is 5.91 Å². The number of nitrogens with one attached hydrogen (secondary N) is 1. The lowest BCUT2D eigenvalue weighted by atomic mass is 10.3. The first kappa shape index (κ1) is 14.2. The Kier molecular flexibility index (Phi) is 6.89. The third-order valence-electron chi connectivity index (χ3n) is 2.76. The molecule has 0 radical (unpaired) electrons. The predicted molar refractivity (Wildman–Crippen MR) is 73.4 cm³/mol. The molecule has 0 saturated carbocycles. The number of amides is 1. The summed E-state index contributed by atoms with van der Waals surface area (Å²) in [4.78, 5) is 15.0. The van der Waals surface area contributed by atoms with Crippen LogP contribution in [0.1, 0.15) is 25.1 Å². The van der Waals surface area contributed by atoms with E-state index in [0.29, 0.717) is 6.42 Å². The number of thiophene rings is 1. The van der Waals surface area contributed by atoms with Gasteiger partial charge in [-0.05, 0) is 38.3 Å². The van der Waals surface area contributed by atoms with Gasteiger partial charge in [0, 0.05) is 30.9 Å². The highest BCUT2D eigenvalue weighted by atomic mass is 32.1. The fourth-order valence-electron chi connectivity index (χ4n) is 1.72. The quantitative estimate of drug-likeness (QED) is 0.721. The molecule has 0 aliphatic carbocycles. The Balaban J connectivity index is 2.05. The molecule has 1 N–H and O–H groups in total. The molecule has 4 heteroatoms. The highest BCUT2D eigenvalue weighted by Gasteiger charge is 2.07. The van der Waals surface area contributed by atoms with E-state index in [9.17, 15) is 4.79 Å². The maximum absolute atomic E-state index is 11.7. The molecule has 0 saturated heterocycles. The summed E-state index contributed by atoms with van der Waals surface area (Å²) in [6.07, 6.45) is 1.66. The molecule has 17 heavy (non-hydrogen) atoms. The Hall–Kier alpha value is -0.870. The number of nitrogens with zero attached hydrogens (tertiary/aromatic N) is 1. The van der Waals surface area contributed by atoms with Gasteiger partial charge >= 0.3 is 0 Å². The topological polar surface area (TPSA) is 32.3 Å². The average Bonchev–Trinajstić information content (AvgIpc) is 2.83. The summed E-state index contributed by atoms with van der Waals surface area (Å²) in [5.41, 5.74) is 0. The lowest BCUT2D eigenvalue weighted by Crippen LogP contribution is -2.33. The Morgan fingerprint density at radius 2 is 2.12 bits per heavy atom. The van der Waals surface area contributed by atoms with Gasteiger partial charge in [-0.25, -0.2) is 0 Å². The third-order valence-corrected chi connectivity index (χ3v) is 3.70. The molecule has 0 aliphatic heterocycles. The molecule has 0 aromatic carbocycles. The van der Waals surface area contributed by atoms with Crippen molar-refractivity contribution in [1.82, 2.24) is 10.2 Å². The van der Waals surface area contributed by atoms with Crippen LogP contribution in [0.4, 0.5) is 0 Å². The molecule has 3 nitrogen and oxygen atoms in total.